The molecule has 5 heteroatoms. The van der Waals surface area contributed by atoms with Gasteiger partial charge in [-0.3, -0.25) is 9.69 Å². The zero-order chi connectivity index (χ0) is 18.2. The maximum atomic E-state index is 12.3. The van der Waals surface area contributed by atoms with Gasteiger partial charge < -0.3 is 14.8 Å². The number of carbonyl (C=O) groups excluding carboxylic acids is 1. The average molecular weight is 342 g/mol. The molecule has 0 aliphatic heterocycles. The van der Waals surface area contributed by atoms with Crippen molar-refractivity contribution in [1.82, 2.24) is 4.90 Å². The molecular formula is C20H26N2O3. The van der Waals surface area contributed by atoms with Gasteiger partial charge >= 0.3 is 0 Å². The highest BCUT2D eigenvalue weighted by atomic mass is 16.5. The molecule has 2 aromatic carbocycles. The van der Waals surface area contributed by atoms with E-state index in [1.165, 1.54) is 5.56 Å². The monoisotopic (exact) mass is 342 g/mol. The van der Waals surface area contributed by atoms with Gasteiger partial charge in [0, 0.05) is 17.8 Å². The van der Waals surface area contributed by atoms with Crippen LogP contribution in [0, 0.1) is 6.92 Å². The second-order valence-corrected chi connectivity index (χ2v) is 5.90. The number of aryl methyl sites for hydroxylation is 1. The first kappa shape index (κ1) is 18.8. The van der Waals surface area contributed by atoms with Crippen molar-refractivity contribution in [3.8, 4) is 11.5 Å². The van der Waals surface area contributed by atoms with Gasteiger partial charge in [-0.15, -0.1) is 0 Å². The molecule has 1 N–H and O–H groups in total. The molecule has 5 nitrogen and oxygen atoms in total. The molecule has 0 aromatic heterocycles. The SMILES string of the molecule is CCN(CC(=O)Nc1ccc(OC)cc1)Cc1cc(C)ccc1OC. The third-order valence-corrected chi connectivity index (χ3v) is 4.02. The number of rotatable bonds is 8. The van der Waals surface area contributed by atoms with E-state index in [0.717, 1.165) is 29.3 Å². The van der Waals surface area contributed by atoms with Crippen molar-refractivity contribution in [2.75, 3.05) is 32.6 Å². The summed E-state index contributed by atoms with van der Waals surface area (Å²) < 4.78 is 10.6. The maximum absolute atomic E-state index is 12.3. The fraction of sp³-hybridized carbons (Fsp3) is 0.350. The van der Waals surface area contributed by atoms with Gasteiger partial charge in [0.2, 0.25) is 5.91 Å². The van der Waals surface area contributed by atoms with Gasteiger partial charge in [0.15, 0.2) is 0 Å². The number of carbonyl (C=O) groups is 1. The Morgan fingerprint density at radius 1 is 1.08 bits per heavy atom. The standard InChI is InChI=1S/C20H26N2O3/c1-5-22(13-16-12-15(2)6-11-19(16)25-4)14-20(23)21-17-7-9-18(24-3)10-8-17/h6-12H,5,13-14H2,1-4H3,(H,21,23). The lowest BCUT2D eigenvalue weighted by atomic mass is 10.1. The predicted octanol–water partition coefficient (Wildman–Crippen LogP) is 3.47. The minimum absolute atomic E-state index is 0.0429. The van der Waals surface area contributed by atoms with Crippen molar-refractivity contribution in [1.29, 1.82) is 0 Å². The first-order chi connectivity index (χ1) is 12.0. The molecule has 0 aliphatic carbocycles. The highest BCUT2D eigenvalue weighted by molar-refractivity contribution is 5.92. The van der Waals surface area contributed by atoms with Crippen LogP contribution in [-0.2, 0) is 11.3 Å². The lowest BCUT2D eigenvalue weighted by Crippen LogP contribution is -2.32. The summed E-state index contributed by atoms with van der Waals surface area (Å²) in [5.74, 6) is 1.57. The first-order valence-corrected chi connectivity index (χ1v) is 8.35. The maximum Gasteiger partial charge on any atom is 0.238 e. The van der Waals surface area contributed by atoms with E-state index in [2.05, 4.69) is 23.2 Å². The van der Waals surface area contributed by atoms with E-state index in [-0.39, 0.29) is 5.91 Å². The van der Waals surface area contributed by atoms with Crippen LogP contribution >= 0.6 is 0 Å². The molecule has 0 atom stereocenters. The molecule has 0 saturated heterocycles. The van der Waals surface area contributed by atoms with Gasteiger partial charge in [-0.1, -0.05) is 24.6 Å². The van der Waals surface area contributed by atoms with E-state index in [0.29, 0.717) is 13.1 Å². The molecule has 0 heterocycles. The summed E-state index contributed by atoms with van der Waals surface area (Å²) in [4.78, 5) is 14.4. The van der Waals surface area contributed by atoms with Crippen LogP contribution < -0.4 is 14.8 Å². The Morgan fingerprint density at radius 3 is 2.40 bits per heavy atom. The second kappa shape index (κ2) is 9.08. The van der Waals surface area contributed by atoms with E-state index >= 15 is 0 Å². The van der Waals surface area contributed by atoms with Crippen LogP contribution in [0.5, 0.6) is 11.5 Å². The number of ether oxygens (including phenoxy) is 2. The summed E-state index contributed by atoms with van der Waals surface area (Å²) in [6.07, 6.45) is 0. The number of hydrogen-bond donors (Lipinski definition) is 1. The van der Waals surface area contributed by atoms with Crippen LogP contribution in [0.2, 0.25) is 0 Å². The molecule has 0 saturated carbocycles. The molecule has 0 fully saturated rings. The Hall–Kier alpha value is -2.53. The molecule has 0 spiro atoms. The van der Waals surface area contributed by atoms with Gasteiger partial charge in [-0.25, -0.2) is 0 Å². The second-order valence-electron chi connectivity index (χ2n) is 5.90. The summed E-state index contributed by atoms with van der Waals surface area (Å²) in [5, 5.41) is 2.92. The molecule has 134 valence electrons. The molecule has 0 bridgehead atoms. The van der Waals surface area contributed by atoms with Crippen molar-refractivity contribution in [3.05, 3.63) is 53.6 Å². The summed E-state index contributed by atoms with van der Waals surface area (Å²) in [6.45, 7) is 5.85. The van der Waals surface area contributed by atoms with Crippen LogP contribution in [0.4, 0.5) is 5.69 Å². The van der Waals surface area contributed by atoms with Crippen LogP contribution in [0.1, 0.15) is 18.1 Å². The molecule has 2 rings (SSSR count). The third kappa shape index (κ3) is 5.50. The normalized spacial score (nSPS) is 10.6. The van der Waals surface area contributed by atoms with Gasteiger partial charge in [-0.2, -0.15) is 0 Å². The number of amides is 1. The summed E-state index contributed by atoms with van der Waals surface area (Å²) >= 11 is 0. The fourth-order valence-electron chi connectivity index (χ4n) is 2.63. The number of hydrogen-bond acceptors (Lipinski definition) is 4. The van der Waals surface area contributed by atoms with Crippen LogP contribution in [0.3, 0.4) is 0 Å². The number of likely N-dealkylation sites (N-methyl/N-ethyl adjacent to an activating group) is 1. The van der Waals surface area contributed by atoms with Crippen molar-refractivity contribution in [2.24, 2.45) is 0 Å². The minimum Gasteiger partial charge on any atom is -0.497 e. The number of benzene rings is 2. The molecule has 0 radical (unpaired) electrons. The van der Waals surface area contributed by atoms with E-state index in [1.807, 2.05) is 43.3 Å². The molecule has 0 unspecified atom stereocenters. The van der Waals surface area contributed by atoms with Gasteiger partial charge in [0.1, 0.15) is 11.5 Å². The molecule has 25 heavy (non-hydrogen) atoms. The number of anilines is 1. The van der Waals surface area contributed by atoms with Gasteiger partial charge in [0.25, 0.3) is 0 Å². The Bertz CT molecular complexity index is 699. The van der Waals surface area contributed by atoms with Crippen LogP contribution in [-0.4, -0.2) is 38.1 Å². The van der Waals surface area contributed by atoms with Crippen LogP contribution in [0.25, 0.3) is 0 Å². The van der Waals surface area contributed by atoms with Gasteiger partial charge in [0.05, 0.1) is 20.8 Å². The quantitative estimate of drug-likeness (QED) is 0.798. The molecule has 0 aliphatic rings. The van der Waals surface area contributed by atoms with Crippen molar-refractivity contribution >= 4 is 11.6 Å². The van der Waals surface area contributed by atoms with Crippen LogP contribution in [0.15, 0.2) is 42.5 Å². The number of methoxy groups -OCH3 is 2. The molecule has 1 amide bonds. The van der Waals surface area contributed by atoms with Gasteiger partial charge in [-0.05, 0) is 43.8 Å². The van der Waals surface area contributed by atoms with E-state index in [9.17, 15) is 4.79 Å². The smallest absolute Gasteiger partial charge is 0.238 e. The zero-order valence-corrected chi connectivity index (χ0v) is 15.3. The summed E-state index contributed by atoms with van der Waals surface area (Å²) in [5.41, 5.74) is 3.02. The Kier molecular flexibility index (Phi) is 6.83. The Balaban J connectivity index is 1.98. The van der Waals surface area contributed by atoms with E-state index < -0.39 is 0 Å². The third-order valence-electron chi connectivity index (χ3n) is 4.02. The highest BCUT2D eigenvalue weighted by Crippen LogP contribution is 2.21. The fourth-order valence-corrected chi connectivity index (χ4v) is 2.63. The Morgan fingerprint density at radius 2 is 1.80 bits per heavy atom. The minimum atomic E-state index is -0.0429. The first-order valence-electron chi connectivity index (χ1n) is 8.35. The Labute approximate surface area is 149 Å². The topological polar surface area (TPSA) is 50.8 Å². The van der Waals surface area contributed by atoms with Crippen molar-refractivity contribution in [3.63, 3.8) is 0 Å². The summed E-state index contributed by atoms with van der Waals surface area (Å²) in [7, 11) is 3.28. The lowest BCUT2D eigenvalue weighted by Gasteiger charge is -2.21. The van der Waals surface area contributed by atoms with Crippen molar-refractivity contribution < 1.29 is 14.3 Å². The molecular weight excluding hydrogens is 316 g/mol. The van der Waals surface area contributed by atoms with Crippen molar-refractivity contribution in [2.45, 2.75) is 20.4 Å². The van der Waals surface area contributed by atoms with E-state index in [4.69, 9.17) is 9.47 Å². The average Bonchev–Trinajstić information content (AvgIpc) is 2.62. The number of nitrogens with one attached hydrogen (secondary N) is 1. The largest absolute Gasteiger partial charge is 0.497 e. The predicted molar refractivity (Wildman–Crippen MR) is 100 cm³/mol. The lowest BCUT2D eigenvalue weighted by molar-refractivity contribution is -0.117. The molecule has 2 aromatic rings. The van der Waals surface area contributed by atoms with E-state index in [1.54, 1.807) is 14.2 Å². The summed E-state index contributed by atoms with van der Waals surface area (Å²) in [6, 6.07) is 13.4. The zero-order valence-electron chi connectivity index (χ0n) is 15.3. The number of nitrogens with zero attached hydrogens (tertiary/aromatic N) is 1. The highest BCUT2D eigenvalue weighted by Gasteiger charge is 2.13.